The molecule has 34 heavy (non-hydrogen) atoms. The van der Waals surface area contributed by atoms with Gasteiger partial charge < -0.3 is 9.84 Å². The number of ether oxygens (including phenoxy) is 1. The lowest BCUT2D eigenvalue weighted by Gasteiger charge is -2.25. The molecule has 1 heterocycles. The molecule has 1 fully saturated rings. The first-order chi connectivity index (χ1) is 16.2. The number of aliphatic hydroxyl groups excluding tert-OH is 1. The van der Waals surface area contributed by atoms with Crippen LogP contribution in [0.5, 0.6) is 5.75 Å². The van der Waals surface area contributed by atoms with Crippen LogP contribution in [0, 0.1) is 17.5 Å². The van der Waals surface area contributed by atoms with Crippen LogP contribution in [0.3, 0.4) is 0 Å². The van der Waals surface area contributed by atoms with Crippen LogP contribution in [0.4, 0.5) is 18.9 Å². The van der Waals surface area contributed by atoms with E-state index in [1.807, 2.05) is 0 Å². The van der Waals surface area contributed by atoms with Gasteiger partial charge in [0, 0.05) is 11.6 Å². The van der Waals surface area contributed by atoms with Gasteiger partial charge in [0.15, 0.2) is 0 Å². The van der Waals surface area contributed by atoms with Gasteiger partial charge in [-0.15, -0.1) is 0 Å². The Hall–Kier alpha value is -3.78. The van der Waals surface area contributed by atoms with E-state index in [4.69, 9.17) is 16.3 Å². The van der Waals surface area contributed by atoms with Crippen LogP contribution in [0.25, 0.3) is 5.76 Å². The van der Waals surface area contributed by atoms with Crippen LogP contribution < -0.4 is 9.64 Å². The van der Waals surface area contributed by atoms with Gasteiger partial charge in [0.05, 0.1) is 28.9 Å². The van der Waals surface area contributed by atoms with Crippen molar-refractivity contribution in [2.24, 2.45) is 0 Å². The van der Waals surface area contributed by atoms with Gasteiger partial charge in [-0.2, -0.15) is 0 Å². The molecule has 1 amide bonds. The third-order valence-electron chi connectivity index (χ3n) is 5.30. The first kappa shape index (κ1) is 23.4. The first-order valence-electron chi connectivity index (χ1n) is 10.2. The maximum absolute atomic E-state index is 14.7. The fourth-order valence-electron chi connectivity index (χ4n) is 3.79. The highest BCUT2D eigenvalue weighted by atomic mass is 35.5. The van der Waals surface area contributed by atoms with E-state index >= 15 is 0 Å². The molecule has 0 bridgehead atoms. The number of anilines is 1. The molecular weight excluding hydrogens is 471 g/mol. The number of hydrogen-bond acceptors (Lipinski definition) is 4. The van der Waals surface area contributed by atoms with Crippen molar-refractivity contribution >= 4 is 34.7 Å². The fraction of sp³-hybridized carbons (Fsp3) is 0.120. The Morgan fingerprint density at radius 2 is 1.68 bits per heavy atom. The number of rotatable bonds is 5. The van der Waals surface area contributed by atoms with E-state index in [9.17, 15) is 27.9 Å². The molecule has 1 N–H and O–H groups in total. The number of amides is 1. The SMILES string of the molecule is CCOc1cc(/C(O)=C2\C(=O)C(=O)N(c3ccc(F)cc3F)C2c2ccc(F)cc2)ccc1Cl. The minimum Gasteiger partial charge on any atom is -0.507 e. The zero-order valence-electron chi connectivity index (χ0n) is 17.7. The predicted molar refractivity (Wildman–Crippen MR) is 120 cm³/mol. The predicted octanol–water partition coefficient (Wildman–Crippen LogP) is 5.78. The molecule has 1 unspecified atom stereocenters. The molecule has 0 radical (unpaired) electrons. The summed E-state index contributed by atoms with van der Waals surface area (Å²) in [5, 5.41) is 11.4. The summed E-state index contributed by atoms with van der Waals surface area (Å²) in [7, 11) is 0. The van der Waals surface area contributed by atoms with E-state index in [1.165, 1.54) is 30.3 Å². The number of carbonyl (C=O) groups is 2. The van der Waals surface area contributed by atoms with Gasteiger partial charge in [0.1, 0.15) is 29.0 Å². The number of benzene rings is 3. The van der Waals surface area contributed by atoms with E-state index in [2.05, 4.69) is 0 Å². The van der Waals surface area contributed by atoms with Gasteiger partial charge in [0.25, 0.3) is 11.7 Å². The number of nitrogens with zero attached hydrogens (tertiary/aromatic N) is 1. The average Bonchev–Trinajstić information content (AvgIpc) is 3.06. The number of carbonyl (C=O) groups excluding carboxylic acids is 2. The largest absolute Gasteiger partial charge is 0.507 e. The minimum atomic E-state index is -1.31. The van der Waals surface area contributed by atoms with E-state index in [1.54, 1.807) is 6.92 Å². The normalized spacial score (nSPS) is 17.3. The van der Waals surface area contributed by atoms with Crippen molar-refractivity contribution in [2.45, 2.75) is 13.0 Å². The van der Waals surface area contributed by atoms with Gasteiger partial charge in [0.2, 0.25) is 0 Å². The van der Waals surface area contributed by atoms with Crippen molar-refractivity contribution in [3.63, 3.8) is 0 Å². The Bertz CT molecular complexity index is 1320. The molecule has 1 aliphatic rings. The Balaban J connectivity index is 1.95. The van der Waals surface area contributed by atoms with Crippen molar-refractivity contribution in [3.8, 4) is 5.75 Å². The molecule has 1 atom stereocenters. The molecule has 1 saturated heterocycles. The van der Waals surface area contributed by atoms with Crippen LogP contribution in [0.15, 0.2) is 66.2 Å². The van der Waals surface area contributed by atoms with Gasteiger partial charge >= 0.3 is 0 Å². The van der Waals surface area contributed by atoms with Gasteiger partial charge in [-0.05, 0) is 55.0 Å². The van der Waals surface area contributed by atoms with Crippen molar-refractivity contribution in [2.75, 3.05) is 11.5 Å². The van der Waals surface area contributed by atoms with Crippen molar-refractivity contribution in [1.29, 1.82) is 0 Å². The molecule has 3 aromatic rings. The third-order valence-corrected chi connectivity index (χ3v) is 5.62. The third kappa shape index (κ3) is 4.12. The molecule has 0 spiro atoms. The monoisotopic (exact) mass is 487 g/mol. The van der Waals surface area contributed by atoms with Crippen molar-refractivity contribution in [3.05, 3.63) is 99.8 Å². The Morgan fingerprint density at radius 1 is 1.00 bits per heavy atom. The molecule has 174 valence electrons. The fourth-order valence-corrected chi connectivity index (χ4v) is 3.96. The number of aliphatic hydroxyl groups is 1. The molecular formula is C25H17ClF3NO4. The Kier molecular flexibility index (Phi) is 6.34. The summed E-state index contributed by atoms with van der Waals surface area (Å²) in [4.78, 5) is 26.9. The highest BCUT2D eigenvalue weighted by Crippen LogP contribution is 2.43. The molecule has 0 aromatic heterocycles. The van der Waals surface area contributed by atoms with Crippen LogP contribution in [-0.4, -0.2) is 23.4 Å². The van der Waals surface area contributed by atoms with E-state index < -0.39 is 40.9 Å². The summed E-state index contributed by atoms with van der Waals surface area (Å²) in [5.41, 5.74) is -0.379. The second-order valence-corrected chi connectivity index (χ2v) is 7.80. The second kappa shape index (κ2) is 9.23. The lowest BCUT2D eigenvalue weighted by atomic mass is 9.95. The number of Topliss-reactive ketones (excluding diaryl/α,β-unsaturated/α-hetero) is 1. The lowest BCUT2D eigenvalue weighted by molar-refractivity contribution is -0.132. The van der Waals surface area contributed by atoms with Crippen LogP contribution in [-0.2, 0) is 9.59 Å². The zero-order chi connectivity index (χ0) is 24.6. The van der Waals surface area contributed by atoms with Gasteiger partial charge in [-0.25, -0.2) is 13.2 Å². The molecule has 9 heteroatoms. The minimum absolute atomic E-state index is 0.123. The van der Waals surface area contributed by atoms with Crippen molar-refractivity contribution < 1.29 is 32.6 Å². The van der Waals surface area contributed by atoms with Gasteiger partial charge in [-0.1, -0.05) is 23.7 Å². The van der Waals surface area contributed by atoms with Crippen molar-refractivity contribution in [1.82, 2.24) is 0 Å². The first-order valence-corrected chi connectivity index (χ1v) is 10.5. The topological polar surface area (TPSA) is 66.8 Å². The number of halogens is 4. The highest BCUT2D eigenvalue weighted by molar-refractivity contribution is 6.51. The van der Waals surface area contributed by atoms with E-state index in [0.29, 0.717) is 6.07 Å². The van der Waals surface area contributed by atoms with E-state index in [-0.39, 0.29) is 39.8 Å². The van der Waals surface area contributed by atoms with Gasteiger partial charge in [-0.3, -0.25) is 14.5 Å². The average molecular weight is 488 g/mol. The zero-order valence-corrected chi connectivity index (χ0v) is 18.4. The van der Waals surface area contributed by atoms with Crippen LogP contribution >= 0.6 is 11.6 Å². The molecule has 4 rings (SSSR count). The second-order valence-electron chi connectivity index (χ2n) is 7.39. The van der Waals surface area contributed by atoms with Crippen LogP contribution in [0.1, 0.15) is 24.1 Å². The molecule has 5 nitrogen and oxygen atoms in total. The highest BCUT2D eigenvalue weighted by Gasteiger charge is 2.47. The van der Waals surface area contributed by atoms with Crippen LogP contribution in [0.2, 0.25) is 5.02 Å². The number of ketones is 1. The summed E-state index contributed by atoms with van der Waals surface area (Å²) in [6.07, 6.45) is 0. The maximum Gasteiger partial charge on any atom is 0.300 e. The van der Waals surface area contributed by atoms with E-state index in [0.717, 1.165) is 29.2 Å². The lowest BCUT2D eigenvalue weighted by Crippen LogP contribution is -2.30. The number of hydrogen-bond donors (Lipinski definition) is 1. The summed E-state index contributed by atoms with van der Waals surface area (Å²) < 4.78 is 47.2. The summed E-state index contributed by atoms with van der Waals surface area (Å²) in [5.74, 6) is -5.09. The standard InChI is InChI=1S/C25H17ClF3NO4/c1-2-34-20-11-14(5-9-17(20)26)23(31)21-22(13-3-6-15(27)7-4-13)30(25(33)24(21)32)19-10-8-16(28)12-18(19)29/h3-12,22,31H,2H2,1H3/b23-21+. The molecule has 1 aliphatic heterocycles. The quantitative estimate of drug-likeness (QED) is 0.281. The summed E-state index contributed by atoms with van der Waals surface area (Å²) >= 11 is 6.10. The molecule has 0 aliphatic carbocycles. The summed E-state index contributed by atoms with van der Waals surface area (Å²) in [6.45, 7) is 2.02. The summed E-state index contributed by atoms with van der Waals surface area (Å²) in [6, 6.07) is 10.3. The molecule has 0 saturated carbocycles. The Labute approximate surface area is 197 Å². The smallest absolute Gasteiger partial charge is 0.300 e. The Morgan fingerprint density at radius 3 is 2.32 bits per heavy atom. The maximum atomic E-state index is 14.7. The molecule has 3 aromatic carbocycles.